The summed E-state index contributed by atoms with van der Waals surface area (Å²) in [4.78, 5) is 0. The molecule has 10 heteroatoms. The fraction of sp³-hybridized carbons (Fsp3) is 0.867. The molecule has 1 aromatic heterocycles. The average molecular weight is 351 g/mol. The predicted octanol–water partition coefficient (Wildman–Crippen LogP) is -1.68. The Morgan fingerprint density at radius 1 is 1.16 bits per heavy atom. The van der Waals surface area contributed by atoms with Gasteiger partial charge in [-0.15, -0.1) is 5.10 Å². The van der Waals surface area contributed by atoms with Crippen LogP contribution < -0.4 is 0 Å². The van der Waals surface area contributed by atoms with Crippen LogP contribution in [0.2, 0.25) is 0 Å². The Morgan fingerprint density at radius 2 is 1.88 bits per heavy atom. The summed E-state index contributed by atoms with van der Waals surface area (Å²) in [6.45, 7) is 1.58. The van der Waals surface area contributed by atoms with Crippen molar-refractivity contribution in [1.29, 1.82) is 0 Å². The van der Waals surface area contributed by atoms with Gasteiger partial charge >= 0.3 is 0 Å². The van der Waals surface area contributed by atoms with Crippen LogP contribution >= 0.6 is 0 Å². The molecule has 0 radical (unpaired) electrons. The number of rotatable bonds is 8. The van der Waals surface area contributed by atoms with Crippen LogP contribution in [0.15, 0.2) is 6.20 Å². The first-order chi connectivity index (χ1) is 12.1. The highest BCUT2D eigenvalue weighted by Crippen LogP contribution is 2.24. The minimum absolute atomic E-state index is 0.00522. The molecule has 3 heterocycles. The van der Waals surface area contributed by atoms with E-state index < -0.39 is 0 Å². The van der Waals surface area contributed by atoms with Crippen molar-refractivity contribution >= 4 is 15.7 Å². The topological polar surface area (TPSA) is 76.9 Å². The van der Waals surface area contributed by atoms with Crippen molar-refractivity contribution in [2.75, 3.05) is 20.8 Å². The number of hydrogen-bond acceptors (Lipinski definition) is 7. The van der Waals surface area contributed by atoms with E-state index in [0.29, 0.717) is 19.8 Å². The van der Waals surface area contributed by atoms with Crippen LogP contribution in [0.1, 0.15) is 18.5 Å². The standard InChI is InChI=1S/C15H27B2N3O5/c1-21-8-13-11(4-15(17)25-13)23-7-9-5-20(19-18-9)6-12-10(22-2)3-14(16)24-12/h5,10-15H,3-4,6-8,16-17H2,1-2H3/t10-,11-,12-,13-,14-,15-/m1/s1. The lowest BCUT2D eigenvalue weighted by Crippen LogP contribution is -2.29. The van der Waals surface area contributed by atoms with Gasteiger partial charge in [0.15, 0.2) is 0 Å². The SMILES string of the molecule is B[C@H]1C[C@@H](OC)[C@@H](Cn2cc(CO[C@@H]3C[C@H](B)O[C@@H]3COC)nn2)O1. The van der Waals surface area contributed by atoms with Crippen LogP contribution in [-0.4, -0.2) is 87.9 Å². The second kappa shape index (κ2) is 8.64. The quantitative estimate of drug-likeness (QED) is 0.518. The molecule has 0 saturated carbocycles. The average Bonchev–Trinajstić information content (AvgIpc) is 3.26. The maximum atomic E-state index is 5.99. The Kier molecular flexibility index (Phi) is 6.51. The minimum atomic E-state index is -0.0223. The van der Waals surface area contributed by atoms with E-state index in [1.807, 2.05) is 6.20 Å². The maximum absolute atomic E-state index is 5.99. The Hall–Kier alpha value is -0.930. The zero-order valence-electron chi connectivity index (χ0n) is 15.5. The summed E-state index contributed by atoms with van der Waals surface area (Å²) in [5.41, 5.74) is 0.802. The second-order valence-corrected chi connectivity index (χ2v) is 6.95. The first-order valence-corrected chi connectivity index (χ1v) is 8.92. The summed E-state index contributed by atoms with van der Waals surface area (Å²) < 4.78 is 30.2. The van der Waals surface area contributed by atoms with Crippen molar-refractivity contribution in [3.05, 3.63) is 11.9 Å². The zero-order chi connectivity index (χ0) is 17.8. The molecule has 0 aliphatic carbocycles. The van der Waals surface area contributed by atoms with E-state index in [1.165, 1.54) is 0 Å². The van der Waals surface area contributed by atoms with E-state index in [4.69, 9.17) is 23.7 Å². The number of ether oxygens (including phenoxy) is 5. The van der Waals surface area contributed by atoms with Crippen LogP contribution in [0, 0.1) is 0 Å². The highest BCUT2D eigenvalue weighted by Gasteiger charge is 2.34. The molecule has 2 fully saturated rings. The lowest BCUT2D eigenvalue weighted by molar-refractivity contribution is -0.0522. The lowest BCUT2D eigenvalue weighted by Gasteiger charge is -2.17. The smallest absolute Gasteiger partial charge is 0.139 e. The van der Waals surface area contributed by atoms with Crippen LogP contribution in [0.25, 0.3) is 0 Å². The van der Waals surface area contributed by atoms with Gasteiger partial charge in [-0.2, -0.15) is 0 Å². The molecule has 0 amide bonds. The van der Waals surface area contributed by atoms with E-state index >= 15 is 0 Å². The normalized spacial score (nSPS) is 35.4. The van der Waals surface area contributed by atoms with Gasteiger partial charge in [-0.25, -0.2) is 4.68 Å². The van der Waals surface area contributed by atoms with Crippen LogP contribution in [0.3, 0.4) is 0 Å². The van der Waals surface area contributed by atoms with Crippen molar-refractivity contribution in [1.82, 2.24) is 15.0 Å². The van der Waals surface area contributed by atoms with Crippen molar-refractivity contribution in [2.24, 2.45) is 0 Å². The van der Waals surface area contributed by atoms with Crippen molar-refractivity contribution in [3.8, 4) is 0 Å². The molecule has 0 bridgehead atoms. The summed E-state index contributed by atoms with van der Waals surface area (Å²) in [5.74, 6) is 0. The van der Waals surface area contributed by atoms with E-state index in [1.54, 1.807) is 18.9 Å². The second-order valence-electron chi connectivity index (χ2n) is 6.95. The number of hydrogen-bond donors (Lipinski definition) is 0. The summed E-state index contributed by atoms with van der Waals surface area (Å²) in [7, 11) is 7.51. The predicted molar refractivity (Wildman–Crippen MR) is 94.9 cm³/mol. The Labute approximate surface area is 150 Å². The van der Waals surface area contributed by atoms with E-state index in [-0.39, 0.29) is 36.4 Å². The number of nitrogens with zero attached hydrogens (tertiary/aromatic N) is 3. The zero-order valence-corrected chi connectivity index (χ0v) is 15.5. The molecule has 2 saturated heterocycles. The Bertz CT molecular complexity index is 549. The van der Waals surface area contributed by atoms with Crippen LogP contribution in [-0.2, 0) is 36.8 Å². The molecule has 0 N–H and O–H groups in total. The fourth-order valence-corrected chi connectivity index (χ4v) is 3.61. The molecular formula is C15H27B2N3O5. The van der Waals surface area contributed by atoms with Gasteiger partial charge in [0.05, 0.1) is 38.2 Å². The molecule has 3 rings (SSSR count). The third-order valence-corrected chi connectivity index (χ3v) is 4.80. The van der Waals surface area contributed by atoms with E-state index in [0.717, 1.165) is 18.5 Å². The number of methoxy groups -OCH3 is 2. The van der Waals surface area contributed by atoms with Gasteiger partial charge in [-0.1, -0.05) is 5.21 Å². The molecule has 25 heavy (non-hydrogen) atoms. The van der Waals surface area contributed by atoms with Gasteiger partial charge in [0.25, 0.3) is 0 Å². The molecule has 1 aromatic rings. The van der Waals surface area contributed by atoms with Crippen molar-refractivity contribution in [3.63, 3.8) is 0 Å². The molecule has 0 aromatic carbocycles. The molecule has 2 aliphatic rings. The van der Waals surface area contributed by atoms with Crippen molar-refractivity contribution < 1.29 is 23.7 Å². The summed E-state index contributed by atoms with van der Waals surface area (Å²) in [6, 6.07) is 0.400. The largest absolute Gasteiger partial charge is 0.382 e. The van der Waals surface area contributed by atoms with Gasteiger partial charge in [-0.3, -0.25) is 0 Å². The Balaban J connectivity index is 1.50. The maximum Gasteiger partial charge on any atom is 0.139 e. The lowest BCUT2D eigenvalue weighted by atomic mass is 9.96. The van der Waals surface area contributed by atoms with Crippen LogP contribution in [0.4, 0.5) is 0 Å². The van der Waals surface area contributed by atoms with Gasteiger partial charge in [0.1, 0.15) is 33.6 Å². The third-order valence-electron chi connectivity index (χ3n) is 4.80. The molecule has 0 unspecified atom stereocenters. The first-order valence-electron chi connectivity index (χ1n) is 8.92. The van der Waals surface area contributed by atoms with Crippen molar-refractivity contribution in [2.45, 2.75) is 62.4 Å². The first kappa shape index (κ1) is 18.8. The highest BCUT2D eigenvalue weighted by molar-refractivity contribution is 6.11. The molecule has 2 aliphatic heterocycles. The highest BCUT2D eigenvalue weighted by atomic mass is 16.6. The third kappa shape index (κ3) is 4.83. The van der Waals surface area contributed by atoms with Gasteiger partial charge in [0.2, 0.25) is 0 Å². The van der Waals surface area contributed by atoms with Gasteiger partial charge < -0.3 is 23.7 Å². The molecule has 138 valence electrons. The molecule has 8 nitrogen and oxygen atoms in total. The Morgan fingerprint density at radius 3 is 2.60 bits per heavy atom. The molecule has 6 atom stereocenters. The number of aromatic nitrogens is 3. The molecule has 0 spiro atoms. The fourth-order valence-electron chi connectivity index (χ4n) is 3.61. The minimum Gasteiger partial charge on any atom is -0.382 e. The van der Waals surface area contributed by atoms with Crippen LogP contribution in [0.5, 0.6) is 0 Å². The monoisotopic (exact) mass is 351 g/mol. The van der Waals surface area contributed by atoms with Gasteiger partial charge in [0, 0.05) is 26.2 Å². The summed E-state index contributed by atoms with van der Waals surface area (Å²) >= 11 is 0. The van der Waals surface area contributed by atoms with E-state index in [9.17, 15) is 0 Å². The van der Waals surface area contributed by atoms with E-state index in [2.05, 4.69) is 26.0 Å². The van der Waals surface area contributed by atoms with Gasteiger partial charge in [-0.05, 0) is 12.8 Å². The molecular weight excluding hydrogens is 324 g/mol. The summed E-state index contributed by atoms with van der Waals surface area (Å²) in [6.07, 6.45) is 3.79. The summed E-state index contributed by atoms with van der Waals surface area (Å²) in [5, 5.41) is 8.38.